The van der Waals surface area contributed by atoms with Crippen molar-refractivity contribution in [2.24, 2.45) is 7.05 Å². The lowest BCUT2D eigenvalue weighted by Gasteiger charge is -2.35. The number of hydrogen-bond donors (Lipinski definition) is 2. The van der Waals surface area contributed by atoms with Gasteiger partial charge in [0.1, 0.15) is 6.17 Å². The maximum atomic E-state index is 14.7. The van der Waals surface area contributed by atoms with E-state index >= 15 is 0 Å². The normalized spacial score (nSPS) is 18.5. The van der Waals surface area contributed by atoms with Gasteiger partial charge < -0.3 is 25.0 Å². The molecule has 0 unspecified atom stereocenters. The van der Waals surface area contributed by atoms with Crippen LogP contribution in [0, 0.1) is 6.92 Å². The zero-order chi connectivity index (χ0) is 27.6. The van der Waals surface area contributed by atoms with Gasteiger partial charge in [-0.15, -0.1) is 0 Å². The van der Waals surface area contributed by atoms with E-state index in [9.17, 15) is 22.4 Å². The fourth-order valence-electron chi connectivity index (χ4n) is 4.33. The van der Waals surface area contributed by atoms with E-state index in [-0.39, 0.29) is 24.8 Å². The van der Waals surface area contributed by atoms with Crippen LogP contribution >= 0.6 is 0 Å². The number of carbonyl (C=O) groups is 1. The molecular formula is C25H30F4N8O. The van der Waals surface area contributed by atoms with Gasteiger partial charge in [0.05, 0.1) is 23.1 Å². The van der Waals surface area contributed by atoms with Crippen LogP contribution in [0.3, 0.4) is 0 Å². The summed E-state index contributed by atoms with van der Waals surface area (Å²) in [5.74, 6) is 0.287. The molecule has 0 saturated carbocycles. The smallest absolute Gasteiger partial charge is 0.350 e. The van der Waals surface area contributed by atoms with Crippen LogP contribution in [0.5, 0.6) is 0 Å². The molecule has 13 heteroatoms. The number of aryl methyl sites for hydroxylation is 2. The number of carbonyl (C=O) groups excluding carboxylic acids is 1. The minimum absolute atomic E-state index is 0.00214. The number of hydrogen-bond acceptors (Lipinski definition) is 7. The molecule has 4 rings (SSSR count). The van der Waals surface area contributed by atoms with Crippen molar-refractivity contribution in [1.82, 2.24) is 24.4 Å². The standard InChI is InChI=1S/C25H30F4N8O/c1-15-8-21-20(10-19(15)33-22(38)6-5-7-35(2)3)34-24(36(21)4)37-13-17(26)9-18(14-37)32-23-30-11-16(12-31-23)25(27,28)29/h5-6,8,10-12,17-18H,7,9,13-14H2,1-4H3,(H,33,38)(H,30,31,32)/b6-5+/t17-,18-/m1/s1. The number of amides is 1. The maximum Gasteiger partial charge on any atom is 0.419 e. The summed E-state index contributed by atoms with van der Waals surface area (Å²) in [7, 11) is 5.65. The molecule has 9 nitrogen and oxygen atoms in total. The third kappa shape index (κ3) is 6.39. The number of likely N-dealkylation sites (N-methyl/N-ethyl adjacent to an activating group) is 1. The number of piperidine rings is 1. The Morgan fingerprint density at radius 1 is 1.21 bits per heavy atom. The molecule has 2 aromatic heterocycles. The van der Waals surface area contributed by atoms with Crippen LogP contribution < -0.4 is 15.5 Å². The quantitative estimate of drug-likeness (QED) is 0.352. The molecule has 1 amide bonds. The Balaban J connectivity index is 1.51. The summed E-state index contributed by atoms with van der Waals surface area (Å²) >= 11 is 0. The first kappa shape index (κ1) is 27.3. The lowest BCUT2D eigenvalue weighted by Crippen LogP contribution is -2.48. The average molecular weight is 535 g/mol. The zero-order valence-corrected chi connectivity index (χ0v) is 21.6. The summed E-state index contributed by atoms with van der Waals surface area (Å²) in [5.41, 5.74) is 1.98. The number of nitrogens with one attached hydrogen (secondary N) is 2. The molecule has 1 fully saturated rings. The first-order chi connectivity index (χ1) is 17.9. The number of nitrogens with zero attached hydrogens (tertiary/aromatic N) is 6. The van der Waals surface area contributed by atoms with Gasteiger partial charge in [-0.25, -0.2) is 19.3 Å². The zero-order valence-electron chi connectivity index (χ0n) is 21.6. The van der Waals surface area contributed by atoms with Crippen molar-refractivity contribution in [2.45, 2.75) is 31.7 Å². The monoisotopic (exact) mass is 534 g/mol. The van der Waals surface area contributed by atoms with Gasteiger partial charge in [-0.1, -0.05) is 6.08 Å². The van der Waals surface area contributed by atoms with Crippen molar-refractivity contribution in [2.75, 3.05) is 49.3 Å². The van der Waals surface area contributed by atoms with E-state index in [0.717, 1.165) is 11.1 Å². The minimum atomic E-state index is -4.53. The number of alkyl halides is 4. The molecule has 38 heavy (non-hydrogen) atoms. The largest absolute Gasteiger partial charge is 0.419 e. The van der Waals surface area contributed by atoms with Crippen molar-refractivity contribution in [1.29, 1.82) is 0 Å². The van der Waals surface area contributed by atoms with Crippen LogP contribution in [0.2, 0.25) is 0 Å². The lowest BCUT2D eigenvalue weighted by atomic mass is 10.0. The van der Waals surface area contributed by atoms with Crippen LogP contribution in [0.1, 0.15) is 17.5 Å². The van der Waals surface area contributed by atoms with Gasteiger partial charge in [0.2, 0.25) is 17.8 Å². The Bertz CT molecular complexity index is 1320. The van der Waals surface area contributed by atoms with Crippen LogP contribution in [0.4, 0.5) is 35.1 Å². The molecular weight excluding hydrogens is 504 g/mol. The third-order valence-corrected chi connectivity index (χ3v) is 6.20. The SMILES string of the molecule is Cc1cc2c(cc1NC(=O)/C=C/CN(C)C)nc(N1C[C@H](F)C[C@@H](Nc3ncc(C(F)(F)F)cn3)C1)n2C. The predicted molar refractivity (Wildman–Crippen MR) is 138 cm³/mol. The van der Waals surface area contributed by atoms with Crippen molar-refractivity contribution in [3.8, 4) is 0 Å². The summed E-state index contributed by atoms with van der Waals surface area (Å²) in [6, 6.07) is 3.25. The van der Waals surface area contributed by atoms with Crippen LogP contribution in [-0.2, 0) is 18.0 Å². The Kier molecular flexibility index (Phi) is 7.86. The highest BCUT2D eigenvalue weighted by atomic mass is 19.4. The summed E-state index contributed by atoms with van der Waals surface area (Å²) < 4.78 is 55.0. The molecule has 2 N–H and O–H groups in total. The fourth-order valence-corrected chi connectivity index (χ4v) is 4.33. The van der Waals surface area contributed by atoms with Gasteiger partial charge in [0.15, 0.2) is 0 Å². The number of fused-ring (bicyclic) bond motifs is 1. The molecule has 204 valence electrons. The van der Waals surface area contributed by atoms with Gasteiger partial charge >= 0.3 is 6.18 Å². The van der Waals surface area contributed by atoms with Crippen molar-refractivity contribution >= 4 is 34.5 Å². The Hall–Kier alpha value is -3.74. The van der Waals surface area contributed by atoms with E-state index in [1.807, 2.05) is 43.6 Å². The van der Waals surface area contributed by atoms with Crippen LogP contribution in [0.25, 0.3) is 11.0 Å². The molecule has 3 heterocycles. The van der Waals surface area contributed by atoms with E-state index < -0.39 is 24.0 Å². The first-order valence-electron chi connectivity index (χ1n) is 12.0. The van der Waals surface area contributed by atoms with Crippen molar-refractivity contribution < 1.29 is 22.4 Å². The predicted octanol–water partition coefficient (Wildman–Crippen LogP) is 3.78. The molecule has 3 aromatic rings. The summed E-state index contributed by atoms with van der Waals surface area (Å²) in [6.45, 7) is 2.98. The molecule has 1 aliphatic heterocycles. The molecule has 2 atom stereocenters. The lowest BCUT2D eigenvalue weighted by molar-refractivity contribution is -0.138. The molecule has 0 spiro atoms. The molecule has 1 aromatic carbocycles. The molecule has 1 aliphatic rings. The Morgan fingerprint density at radius 2 is 1.92 bits per heavy atom. The van der Waals surface area contributed by atoms with Gasteiger partial charge in [0, 0.05) is 56.8 Å². The summed E-state index contributed by atoms with van der Waals surface area (Å²) in [4.78, 5) is 28.2. The molecule has 0 bridgehead atoms. The average Bonchev–Trinajstić information content (AvgIpc) is 3.14. The van der Waals surface area contributed by atoms with E-state index in [2.05, 4.69) is 20.6 Å². The van der Waals surface area contributed by atoms with E-state index in [1.54, 1.807) is 17.0 Å². The number of anilines is 3. The highest BCUT2D eigenvalue weighted by Gasteiger charge is 2.33. The van der Waals surface area contributed by atoms with Crippen LogP contribution in [0.15, 0.2) is 36.7 Å². The number of benzene rings is 1. The second-order valence-electron chi connectivity index (χ2n) is 9.65. The minimum Gasteiger partial charge on any atom is -0.350 e. The second kappa shape index (κ2) is 10.9. The van der Waals surface area contributed by atoms with Gasteiger partial charge in [-0.3, -0.25) is 4.79 Å². The van der Waals surface area contributed by atoms with Gasteiger partial charge in [-0.2, -0.15) is 13.2 Å². The molecule has 0 radical (unpaired) electrons. The second-order valence-corrected chi connectivity index (χ2v) is 9.65. The fraction of sp³-hybridized carbons (Fsp3) is 0.440. The third-order valence-electron chi connectivity index (χ3n) is 6.20. The number of halogens is 4. The van der Waals surface area contributed by atoms with Crippen molar-refractivity contribution in [3.05, 3.63) is 47.8 Å². The van der Waals surface area contributed by atoms with E-state index in [0.29, 0.717) is 42.6 Å². The maximum absolute atomic E-state index is 14.7. The van der Waals surface area contributed by atoms with Crippen LogP contribution in [-0.4, -0.2) is 76.3 Å². The van der Waals surface area contributed by atoms with E-state index in [1.165, 1.54) is 6.08 Å². The summed E-state index contributed by atoms with van der Waals surface area (Å²) in [5, 5.41) is 5.82. The number of aromatic nitrogens is 4. The number of rotatable bonds is 7. The summed E-state index contributed by atoms with van der Waals surface area (Å²) in [6.07, 6.45) is -0.922. The molecule has 1 saturated heterocycles. The highest BCUT2D eigenvalue weighted by Crippen LogP contribution is 2.30. The van der Waals surface area contributed by atoms with Crippen molar-refractivity contribution in [3.63, 3.8) is 0 Å². The topological polar surface area (TPSA) is 91.2 Å². The number of imidazole rings is 1. The van der Waals surface area contributed by atoms with Gasteiger partial charge in [0.25, 0.3) is 0 Å². The van der Waals surface area contributed by atoms with E-state index in [4.69, 9.17) is 4.98 Å². The molecule has 0 aliphatic carbocycles. The Labute approximate surface area is 217 Å². The first-order valence-corrected chi connectivity index (χ1v) is 12.0. The van der Waals surface area contributed by atoms with Gasteiger partial charge in [-0.05, 0) is 38.7 Å². The highest BCUT2D eigenvalue weighted by molar-refractivity contribution is 6.01. The Morgan fingerprint density at radius 3 is 2.58 bits per heavy atom.